The first kappa shape index (κ1) is 14.1. The quantitative estimate of drug-likeness (QED) is 0.650. The van der Waals surface area contributed by atoms with Crippen LogP contribution in [0.2, 0.25) is 0 Å². The molecular formula is C16H18N2O2. The fourth-order valence-corrected chi connectivity index (χ4v) is 2.19. The normalized spacial score (nSPS) is 11.9. The number of hydrogen-bond acceptors (Lipinski definition) is 3. The summed E-state index contributed by atoms with van der Waals surface area (Å²) in [6, 6.07) is 14.9. The van der Waals surface area contributed by atoms with Crippen LogP contribution in [0.3, 0.4) is 0 Å². The molecule has 0 aliphatic rings. The van der Waals surface area contributed by atoms with Crippen molar-refractivity contribution in [2.45, 2.75) is 26.3 Å². The topological polar surface area (TPSA) is 55.2 Å². The Morgan fingerprint density at radius 3 is 2.65 bits per heavy atom. The van der Waals surface area contributed by atoms with E-state index in [0.29, 0.717) is 0 Å². The van der Waals surface area contributed by atoms with E-state index in [1.807, 2.05) is 31.2 Å². The summed E-state index contributed by atoms with van der Waals surface area (Å²) in [5.41, 5.74) is 3.35. The lowest BCUT2D eigenvalue weighted by atomic mass is 10.1. The minimum absolute atomic E-state index is 0.0163. The van der Waals surface area contributed by atoms with E-state index < -0.39 is 0 Å². The minimum Gasteiger partial charge on any atom is -0.378 e. The molecule has 1 atom stereocenters. The zero-order valence-corrected chi connectivity index (χ0v) is 11.7. The third-order valence-corrected chi connectivity index (χ3v) is 3.35. The average Bonchev–Trinajstić information content (AvgIpc) is 2.48. The molecule has 104 valence electrons. The number of non-ortho nitro benzene ring substituents is 1. The van der Waals surface area contributed by atoms with Crippen LogP contribution in [0.15, 0.2) is 48.5 Å². The van der Waals surface area contributed by atoms with Gasteiger partial charge in [0.15, 0.2) is 0 Å². The van der Waals surface area contributed by atoms with Crippen molar-refractivity contribution in [2.24, 2.45) is 0 Å². The number of hydrogen-bond donors (Lipinski definition) is 1. The molecule has 0 heterocycles. The van der Waals surface area contributed by atoms with Gasteiger partial charge in [0.1, 0.15) is 0 Å². The predicted octanol–water partition coefficient (Wildman–Crippen LogP) is 4.33. The molecule has 4 heteroatoms. The Hall–Kier alpha value is -2.36. The zero-order valence-electron chi connectivity index (χ0n) is 11.7. The molecule has 0 saturated carbocycles. The first-order valence-electron chi connectivity index (χ1n) is 6.70. The molecule has 20 heavy (non-hydrogen) atoms. The molecule has 0 spiro atoms. The van der Waals surface area contributed by atoms with Gasteiger partial charge in [0, 0.05) is 23.9 Å². The summed E-state index contributed by atoms with van der Waals surface area (Å²) in [7, 11) is 0. The molecule has 0 aromatic heterocycles. The van der Waals surface area contributed by atoms with E-state index in [9.17, 15) is 10.1 Å². The summed E-state index contributed by atoms with van der Waals surface area (Å²) in [4.78, 5) is 10.5. The number of nitro benzene ring substituents is 1. The van der Waals surface area contributed by atoms with Gasteiger partial charge in [-0.05, 0) is 30.5 Å². The van der Waals surface area contributed by atoms with Gasteiger partial charge in [0.05, 0.1) is 4.92 Å². The monoisotopic (exact) mass is 270 g/mol. The van der Waals surface area contributed by atoms with Crippen molar-refractivity contribution < 1.29 is 4.92 Å². The molecule has 0 aliphatic carbocycles. The Kier molecular flexibility index (Phi) is 4.35. The van der Waals surface area contributed by atoms with Crippen molar-refractivity contribution in [3.63, 3.8) is 0 Å². The lowest BCUT2D eigenvalue weighted by molar-refractivity contribution is -0.384. The van der Waals surface area contributed by atoms with Gasteiger partial charge in [-0.2, -0.15) is 0 Å². The maximum atomic E-state index is 10.8. The minimum atomic E-state index is -0.365. The number of aryl methyl sites for hydroxylation is 1. The van der Waals surface area contributed by atoms with Gasteiger partial charge in [-0.25, -0.2) is 0 Å². The Morgan fingerprint density at radius 1 is 1.20 bits per heavy atom. The van der Waals surface area contributed by atoms with E-state index in [-0.39, 0.29) is 16.7 Å². The second kappa shape index (κ2) is 6.19. The number of para-hydroxylation sites is 1. The Labute approximate surface area is 118 Å². The summed E-state index contributed by atoms with van der Waals surface area (Å²) >= 11 is 0. The van der Waals surface area contributed by atoms with Crippen LogP contribution in [0.25, 0.3) is 0 Å². The third kappa shape index (κ3) is 3.15. The Balaban J connectivity index is 2.21. The van der Waals surface area contributed by atoms with Gasteiger partial charge in [-0.3, -0.25) is 10.1 Å². The van der Waals surface area contributed by atoms with Gasteiger partial charge in [-0.15, -0.1) is 0 Å². The molecular weight excluding hydrogens is 252 g/mol. The van der Waals surface area contributed by atoms with E-state index in [1.54, 1.807) is 12.1 Å². The molecule has 0 amide bonds. The Morgan fingerprint density at radius 2 is 1.95 bits per heavy atom. The van der Waals surface area contributed by atoms with E-state index in [2.05, 4.69) is 18.3 Å². The molecule has 1 N–H and O–H groups in total. The fourth-order valence-electron chi connectivity index (χ4n) is 2.19. The molecule has 0 aliphatic heterocycles. The SMILES string of the molecule is CCc1ccccc1NC(C)c1cccc([N+](=O)[O-])c1. The number of nitrogens with zero attached hydrogens (tertiary/aromatic N) is 1. The number of nitro groups is 1. The van der Waals surface area contributed by atoms with E-state index in [4.69, 9.17) is 0 Å². The molecule has 0 saturated heterocycles. The second-order valence-corrected chi connectivity index (χ2v) is 4.73. The van der Waals surface area contributed by atoms with Crippen LogP contribution in [0, 0.1) is 10.1 Å². The van der Waals surface area contributed by atoms with Crippen LogP contribution in [-0.4, -0.2) is 4.92 Å². The molecule has 4 nitrogen and oxygen atoms in total. The van der Waals surface area contributed by atoms with Gasteiger partial charge in [0.25, 0.3) is 5.69 Å². The van der Waals surface area contributed by atoms with Gasteiger partial charge < -0.3 is 5.32 Å². The lowest BCUT2D eigenvalue weighted by Crippen LogP contribution is -2.08. The molecule has 2 aromatic carbocycles. The second-order valence-electron chi connectivity index (χ2n) is 4.73. The number of anilines is 1. The summed E-state index contributed by atoms with van der Waals surface area (Å²) in [5, 5.41) is 14.2. The largest absolute Gasteiger partial charge is 0.378 e. The van der Waals surface area contributed by atoms with E-state index in [1.165, 1.54) is 11.6 Å². The first-order valence-corrected chi connectivity index (χ1v) is 6.70. The molecule has 0 bridgehead atoms. The van der Waals surface area contributed by atoms with Gasteiger partial charge in [-0.1, -0.05) is 37.3 Å². The van der Waals surface area contributed by atoms with Crippen LogP contribution in [0.4, 0.5) is 11.4 Å². The van der Waals surface area contributed by atoms with Crippen LogP contribution in [0.1, 0.15) is 31.0 Å². The van der Waals surface area contributed by atoms with Crippen molar-refractivity contribution in [3.05, 3.63) is 69.8 Å². The van der Waals surface area contributed by atoms with E-state index >= 15 is 0 Å². The fraction of sp³-hybridized carbons (Fsp3) is 0.250. The highest BCUT2D eigenvalue weighted by molar-refractivity contribution is 5.53. The summed E-state index contributed by atoms with van der Waals surface area (Å²) in [6.07, 6.45) is 0.949. The van der Waals surface area contributed by atoms with Gasteiger partial charge in [0.2, 0.25) is 0 Å². The average molecular weight is 270 g/mol. The van der Waals surface area contributed by atoms with Crippen molar-refractivity contribution in [1.82, 2.24) is 0 Å². The van der Waals surface area contributed by atoms with Crippen molar-refractivity contribution in [2.75, 3.05) is 5.32 Å². The van der Waals surface area contributed by atoms with Crippen LogP contribution in [-0.2, 0) is 6.42 Å². The molecule has 0 fully saturated rings. The van der Waals surface area contributed by atoms with Gasteiger partial charge >= 0.3 is 0 Å². The molecule has 2 aromatic rings. The van der Waals surface area contributed by atoms with Crippen molar-refractivity contribution in [1.29, 1.82) is 0 Å². The highest BCUT2D eigenvalue weighted by Crippen LogP contribution is 2.24. The maximum absolute atomic E-state index is 10.8. The van der Waals surface area contributed by atoms with Crippen molar-refractivity contribution in [3.8, 4) is 0 Å². The third-order valence-electron chi connectivity index (χ3n) is 3.35. The lowest BCUT2D eigenvalue weighted by Gasteiger charge is -2.18. The number of nitrogens with one attached hydrogen (secondary N) is 1. The van der Waals surface area contributed by atoms with Crippen molar-refractivity contribution >= 4 is 11.4 Å². The summed E-state index contributed by atoms with van der Waals surface area (Å²) < 4.78 is 0. The number of rotatable bonds is 5. The standard InChI is InChI=1S/C16H18N2O2/c1-3-13-7-4-5-10-16(13)17-12(2)14-8-6-9-15(11-14)18(19)20/h4-12,17H,3H2,1-2H3. The molecule has 1 unspecified atom stereocenters. The van der Waals surface area contributed by atoms with E-state index in [0.717, 1.165) is 17.7 Å². The maximum Gasteiger partial charge on any atom is 0.269 e. The smallest absolute Gasteiger partial charge is 0.269 e. The highest BCUT2D eigenvalue weighted by atomic mass is 16.6. The number of benzene rings is 2. The first-order chi connectivity index (χ1) is 9.61. The molecule has 2 rings (SSSR count). The zero-order chi connectivity index (χ0) is 14.5. The summed E-state index contributed by atoms with van der Waals surface area (Å²) in [5.74, 6) is 0. The highest BCUT2D eigenvalue weighted by Gasteiger charge is 2.11. The predicted molar refractivity (Wildman–Crippen MR) is 81.0 cm³/mol. The Bertz CT molecular complexity index is 611. The molecule has 0 radical (unpaired) electrons. The van der Waals surface area contributed by atoms with Crippen LogP contribution >= 0.6 is 0 Å². The van der Waals surface area contributed by atoms with Crippen LogP contribution in [0.5, 0.6) is 0 Å². The van der Waals surface area contributed by atoms with Crippen LogP contribution < -0.4 is 5.32 Å². The summed E-state index contributed by atoms with van der Waals surface area (Å²) in [6.45, 7) is 4.12.